The first kappa shape index (κ1) is 11.4. The molecule has 0 amide bonds. The monoisotopic (exact) mass is 235 g/mol. The van der Waals surface area contributed by atoms with E-state index in [-0.39, 0.29) is 0 Å². The van der Waals surface area contributed by atoms with Crippen molar-refractivity contribution in [3.8, 4) is 0 Å². The third-order valence-corrected chi connectivity index (χ3v) is 3.24. The predicted octanol–water partition coefficient (Wildman–Crippen LogP) is 3.00. The van der Waals surface area contributed by atoms with E-state index in [1.54, 1.807) is 0 Å². The van der Waals surface area contributed by atoms with Crippen LogP contribution in [0.5, 0.6) is 0 Å². The van der Waals surface area contributed by atoms with E-state index < -0.39 is 0 Å². The van der Waals surface area contributed by atoms with Gasteiger partial charge in [-0.1, -0.05) is 26.0 Å². The third kappa shape index (κ3) is 2.03. The highest BCUT2D eigenvalue weighted by molar-refractivity contribution is 7.71. The number of H-pyrrole nitrogens is 1. The molecule has 1 N–H and O–H groups in total. The predicted molar refractivity (Wildman–Crippen MR) is 70.0 cm³/mol. The molecule has 1 heterocycles. The number of para-hydroxylation sites is 2. The van der Waals surface area contributed by atoms with Crippen LogP contribution in [-0.4, -0.2) is 27.5 Å². The second kappa shape index (κ2) is 4.80. The highest BCUT2D eigenvalue weighted by Crippen LogP contribution is 2.13. The third-order valence-electron chi connectivity index (χ3n) is 2.92. The molecule has 0 atom stereocenters. The van der Waals surface area contributed by atoms with Gasteiger partial charge in [0, 0.05) is 0 Å². The van der Waals surface area contributed by atoms with Crippen LogP contribution in [0.4, 0.5) is 0 Å². The molecule has 1 aromatic carbocycles. The van der Waals surface area contributed by atoms with Crippen LogP contribution in [0.1, 0.15) is 13.8 Å². The van der Waals surface area contributed by atoms with E-state index in [0.29, 0.717) is 0 Å². The molecule has 0 spiro atoms. The lowest BCUT2D eigenvalue weighted by molar-refractivity contribution is 0.244. The SMILES string of the molecule is CCN(CC)Cn1c(=S)[nH]c2ccccc21. The fourth-order valence-electron chi connectivity index (χ4n) is 1.87. The Hall–Kier alpha value is -1.13. The molecular weight excluding hydrogens is 218 g/mol. The van der Waals surface area contributed by atoms with E-state index >= 15 is 0 Å². The first-order valence-corrected chi connectivity index (χ1v) is 6.07. The number of nitrogens with one attached hydrogen (secondary N) is 1. The summed E-state index contributed by atoms with van der Waals surface area (Å²) in [6, 6.07) is 8.23. The van der Waals surface area contributed by atoms with Gasteiger partial charge in [0.15, 0.2) is 4.77 Å². The average molecular weight is 235 g/mol. The van der Waals surface area contributed by atoms with Gasteiger partial charge in [-0.05, 0) is 37.4 Å². The Labute approximate surface area is 101 Å². The Balaban J connectivity index is 2.43. The highest BCUT2D eigenvalue weighted by atomic mass is 32.1. The van der Waals surface area contributed by atoms with Gasteiger partial charge in [0.2, 0.25) is 0 Å². The molecule has 0 aliphatic heterocycles. The van der Waals surface area contributed by atoms with Crippen molar-refractivity contribution in [2.45, 2.75) is 20.5 Å². The lowest BCUT2D eigenvalue weighted by Crippen LogP contribution is -2.25. The number of imidazole rings is 1. The van der Waals surface area contributed by atoms with E-state index in [1.807, 2.05) is 12.1 Å². The number of nitrogens with zero attached hydrogens (tertiary/aromatic N) is 2. The summed E-state index contributed by atoms with van der Waals surface area (Å²) >= 11 is 5.35. The van der Waals surface area contributed by atoms with E-state index in [2.05, 4.69) is 40.4 Å². The van der Waals surface area contributed by atoms with E-state index in [9.17, 15) is 0 Å². The zero-order valence-electron chi connectivity index (χ0n) is 9.73. The van der Waals surface area contributed by atoms with Crippen molar-refractivity contribution in [2.75, 3.05) is 13.1 Å². The Kier molecular flexibility index (Phi) is 3.41. The minimum absolute atomic E-state index is 0.799. The standard InChI is InChI=1S/C12H17N3S/c1-3-14(4-2)9-15-11-8-6-5-7-10(11)13-12(15)16/h5-8H,3-4,9H2,1-2H3,(H,13,16). The zero-order chi connectivity index (χ0) is 11.5. The van der Waals surface area contributed by atoms with Gasteiger partial charge in [0.25, 0.3) is 0 Å². The molecule has 0 fully saturated rings. The van der Waals surface area contributed by atoms with Crippen LogP contribution in [0.3, 0.4) is 0 Å². The molecule has 0 unspecified atom stereocenters. The lowest BCUT2D eigenvalue weighted by atomic mass is 10.3. The topological polar surface area (TPSA) is 24.0 Å². The number of hydrogen-bond acceptors (Lipinski definition) is 2. The van der Waals surface area contributed by atoms with Crippen molar-refractivity contribution in [2.24, 2.45) is 0 Å². The maximum atomic E-state index is 5.35. The van der Waals surface area contributed by atoms with Crippen LogP contribution in [0.25, 0.3) is 11.0 Å². The Morgan fingerprint density at radius 3 is 2.62 bits per heavy atom. The number of aromatic nitrogens is 2. The van der Waals surface area contributed by atoms with Crippen LogP contribution < -0.4 is 0 Å². The van der Waals surface area contributed by atoms with Gasteiger partial charge in [-0.2, -0.15) is 0 Å². The largest absolute Gasteiger partial charge is 0.331 e. The Morgan fingerprint density at radius 1 is 1.25 bits per heavy atom. The first-order valence-electron chi connectivity index (χ1n) is 5.66. The maximum absolute atomic E-state index is 5.35. The summed E-state index contributed by atoms with van der Waals surface area (Å²) in [6.07, 6.45) is 0. The molecule has 86 valence electrons. The second-order valence-corrected chi connectivity index (χ2v) is 4.21. The van der Waals surface area contributed by atoms with Crippen molar-refractivity contribution in [1.29, 1.82) is 0 Å². The van der Waals surface area contributed by atoms with Crippen molar-refractivity contribution < 1.29 is 0 Å². The number of rotatable bonds is 4. The molecule has 0 saturated carbocycles. The molecule has 0 bridgehead atoms. The summed E-state index contributed by atoms with van der Waals surface area (Å²) in [5.41, 5.74) is 2.29. The molecule has 2 rings (SSSR count). The summed E-state index contributed by atoms with van der Waals surface area (Å²) in [4.78, 5) is 5.58. The average Bonchev–Trinajstić information content (AvgIpc) is 2.62. The number of benzene rings is 1. The molecule has 3 nitrogen and oxygen atoms in total. The Bertz CT molecular complexity index is 522. The molecule has 1 aromatic heterocycles. The Morgan fingerprint density at radius 2 is 1.94 bits per heavy atom. The van der Waals surface area contributed by atoms with Gasteiger partial charge in [-0.15, -0.1) is 0 Å². The van der Waals surface area contributed by atoms with Gasteiger partial charge in [0.1, 0.15) is 0 Å². The molecule has 0 radical (unpaired) electrons. The van der Waals surface area contributed by atoms with E-state index in [1.165, 1.54) is 5.52 Å². The van der Waals surface area contributed by atoms with E-state index in [4.69, 9.17) is 12.2 Å². The zero-order valence-corrected chi connectivity index (χ0v) is 10.5. The summed E-state index contributed by atoms with van der Waals surface area (Å²) in [5.74, 6) is 0. The van der Waals surface area contributed by atoms with Gasteiger partial charge in [-0.25, -0.2) is 0 Å². The first-order chi connectivity index (χ1) is 7.76. The fourth-order valence-corrected chi connectivity index (χ4v) is 2.14. The second-order valence-electron chi connectivity index (χ2n) is 3.82. The van der Waals surface area contributed by atoms with Crippen LogP contribution in [0, 0.1) is 4.77 Å². The van der Waals surface area contributed by atoms with Crippen LogP contribution in [0.2, 0.25) is 0 Å². The quantitative estimate of drug-likeness (QED) is 0.824. The molecule has 0 aliphatic rings. The number of hydrogen-bond donors (Lipinski definition) is 1. The van der Waals surface area contributed by atoms with Crippen LogP contribution >= 0.6 is 12.2 Å². The minimum atomic E-state index is 0.799. The summed E-state index contributed by atoms with van der Waals surface area (Å²) in [7, 11) is 0. The smallest absolute Gasteiger partial charge is 0.179 e. The van der Waals surface area contributed by atoms with Crippen molar-refractivity contribution in [1.82, 2.24) is 14.5 Å². The molecule has 0 aliphatic carbocycles. The highest BCUT2D eigenvalue weighted by Gasteiger charge is 2.06. The molecule has 2 aromatic rings. The molecule has 0 saturated heterocycles. The summed E-state index contributed by atoms with van der Waals surface area (Å²) < 4.78 is 2.95. The maximum Gasteiger partial charge on any atom is 0.179 e. The van der Waals surface area contributed by atoms with Gasteiger partial charge in [-0.3, -0.25) is 4.90 Å². The lowest BCUT2D eigenvalue weighted by Gasteiger charge is -2.18. The number of fused-ring (bicyclic) bond motifs is 1. The van der Waals surface area contributed by atoms with Crippen LogP contribution in [-0.2, 0) is 6.67 Å². The van der Waals surface area contributed by atoms with Gasteiger partial charge < -0.3 is 9.55 Å². The van der Waals surface area contributed by atoms with Crippen LogP contribution in [0.15, 0.2) is 24.3 Å². The van der Waals surface area contributed by atoms with Gasteiger partial charge >= 0.3 is 0 Å². The van der Waals surface area contributed by atoms with Crippen molar-refractivity contribution in [3.05, 3.63) is 29.0 Å². The number of aromatic amines is 1. The van der Waals surface area contributed by atoms with Crippen molar-refractivity contribution >= 4 is 23.3 Å². The summed E-state index contributed by atoms with van der Waals surface area (Å²) in [6.45, 7) is 7.27. The fraction of sp³-hybridized carbons (Fsp3) is 0.417. The van der Waals surface area contributed by atoms with Crippen molar-refractivity contribution in [3.63, 3.8) is 0 Å². The molecule has 4 heteroatoms. The molecule has 16 heavy (non-hydrogen) atoms. The van der Waals surface area contributed by atoms with E-state index in [0.717, 1.165) is 30.0 Å². The summed E-state index contributed by atoms with van der Waals surface area (Å²) in [5, 5.41) is 0. The van der Waals surface area contributed by atoms with Gasteiger partial charge in [0.05, 0.1) is 17.7 Å². The minimum Gasteiger partial charge on any atom is -0.331 e. The normalized spacial score (nSPS) is 11.4. The molecular formula is C12H17N3S.